The second-order valence-corrected chi connectivity index (χ2v) is 10.9. The lowest BCUT2D eigenvalue weighted by Crippen LogP contribution is -2.40. The van der Waals surface area contributed by atoms with Crippen LogP contribution in [-0.2, 0) is 14.8 Å². The number of nitrogens with zero attached hydrogens (tertiary/aromatic N) is 2. The van der Waals surface area contributed by atoms with Gasteiger partial charge in [0.05, 0.1) is 44.7 Å². The van der Waals surface area contributed by atoms with Gasteiger partial charge in [-0.1, -0.05) is 12.1 Å². The molecule has 0 saturated heterocycles. The largest absolute Gasteiger partial charge is 0.497 e. The summed E-state index contributed by atoms with van der Waals surface area (Å²) in [5.74, 6) is 0.509. The van der Waals surface area contributed by atoms with Crippen LogP contribution in [0.1, 0.15) is 12.5 Å². The minimum absolute atomic E-state index is 0.107. The van der Waals surface area contributed by atoms with E-state index in [1.807, 2.05) is 24.3 Å². The average Bonchev–Trinajstić information content (AvgIpc) is 2.94. The molecule has 0 aliphatic heterocycles. The number of carbonyl (C=O) groups excluding carboxylic acids is 1. The number of methoxy groups -OCH3 is 4. The van der Waals surface area contributed by atoms with E-state index in [2.05, 4.69) is 33.1 Å². The van der Waals surface area contributed by atoms with Gasteiger partial charge >= 0.3 is 0 Å². The molecule has 0 spiro atoms. The first-order valence-corrected chi connectivity index (χ1v) is 13.7. The number of halogens is 1. The van der Waals surface area contributed by atoms with Crippen molar-refractivity contribution in [2.75, 3.05) is 39.3 Å². The molecule has 0 saturated carbocycles. The molecule has 0 aliphatic carbocycles. The van der Waals surface area contributed by atoms with Crippen molar-refractivity contribution in [3.8, 4) is 23.0 Å². The van der Waals surface area contributed by atoms with Gasteiger partial charge in [0.25, 0.3) is 15.9 Å². The number of hydrogen-bond acceptors (Lipinski definition) is 8. The number of ether oxygens (including phenoxy) is 4. The highest BCUT2D eigenvalue weighted by atomic mass is 127. The highest BCUT2D eigenvalue weighted by Gasteiger charge is 2.31. The summed E-state index contributed by atoms with van der Waals surface area (Å²) in [6.07, 6.45) is 0. The first-order chi connectivity index (χ1) is 18.1. The van der Waals surface area contributed by atoms with Gasteiger partial charge in [0, 0.05) is 15.7 Å². The van der Waals surface area contributed by atoms with Gasteiger partial charge < -0.3 is 18.9 Å². The molecular weight excluding hydrogens is 625 g/mol. The fourth-order valence-electron chi connectivity index (χ4n) is 3.46. The molecule has 0 aromatic heterocycles. The highest BCUT2D eigenvalue weighted by molar-refractivity contribution is 14.1. The third kappa shape index (κ3) is 6.67. The molecule has 12 heteroatoms. The Balaban J connectivity index is 2.03. The molecule has 0 atom stereocenters. The Morgan fingerprint density at radius 2 is 1.50 bits per heavy atom. The topological polar surface area (TPSA) is 116 Å². The molecule has 0 unspecified atom stereocenters. The van der Waals surface area contributed by atoms with E-state index in [-0.39, 0.29) is 22.1 Å². The lowest BCUT2D eigenvalue weighted by molar-refractivity contribution is -0.119. The molecule has 0 bridgehead atoms. The third-order valence-electron chi connectivity index (χ3n) is 5.50. The maximum Gasteiger partial charge on any atom is 0.265 e. The molecule has 202 valence electrons. The predicted octanol–water partition coefficient (Wildman–Crippen LogP) is 4.06. The number of anilines is 1. The fraction of sp³-hybridized carbons (Fsp3) is 0.231. The molecule has 38 heavy (non-hydrogen) atoms. The van der Waals surface area contributed by atoms with E-state index in [0.717, 1.165) is 13.4 Å². The van der Waals surface area contributed by atoms with Crippen molar-refractivity contribution >= 4 is 49.9 Å². The molecule has 0 heterocycles. The quantitative estimate of drug-likeness (QED) is 0.189. The van der Waals surface area contributed by atoms with Crippen LogP contribution in [0, 0.1) is 3.57 Å². The minimum Gasteiger partial charge on any atom is -0.497 e. The average molecular weight is 653 g/mol. The van der Waals surface area contributed by atoms with Gasteiger partial charge in [-0.15, -0.1) is 0 Å². The van der Waals surface area contributed by atoms with Gasteiger partial charge in [-0.25, -0.2) is 13.8 Å². The number of carbonyl (C=O) groups is 1. The molecule has 0 aliphatic rings. The highest BCUT2D eigenvalue weighted by Crippen LogP contribution is 2.37. The number of hydrogen-bond donors (Lipinski definition) is 1. The second-order valence-electron chi connectivity index (χ2n) is 7.81. The van der Waals surface area contributed by atoms with E-state index >= 15 is 0 Å². The summed E-state index contributed by atoms with van der Waals surface area (Å²) in [6, 6.07) is 16.4. The summed E-state index contributed by atoms with van der Waals surface area (Å²) in [5, 5.41) is 4.15. The van der Waals surface area contributed by atoms with Crippen LogP contribution in [0.15, 0.2) is 70.7 Å². The lowest BCUT2D eigenvalue weighted by atomic mass is 10.1. The molecule has 3 aromatic rings. The standard InChI is InChI=1S/C26H28IN3O7S/c1-17(18-6-8-19(27)9-7-18)28-29-26(31)16-30(22-14-20(34-2)10-12-23(22)35-3)38(32,33)21-11-13-24(36-4)25(15-21)37-5/h6-15H,16H2,1-5H3,(H,29,31)/b28-17-. The van der Waals surface area contributed by atoms with Crippen molar-refractivity contribution in [3.63, 3.8) is 0 Å². The van der Waals surface area contributed by atoms with E-state index in [0.29, 0.717) is 17.2 Å². The Bertz CT molecular complexity index is 1430. The van der Waals surface area contributed by atoms with Crippen molar-refractivity contribution in [2.24, 2.45) is 5.10 Å². The fourth-order valence-corrected chi connectivity index (χ4v) is 5.26. The summed E-state index contributed by atoms with van der Waals surface area (Å²) in [6.45, 7) is 1.15. The van der Waals surface area contributed by atoms with Gasteiger partial charge in [-0.2, -0.15) is 5.10 Å². The van der Waals surface area contributed by atoms with Crippen LogP contribution in [0.25, 0.3) is 0 Å². The number of sulfonamides is 1. The van der Waals surface area contributed by atoms with E-state index in [9.17, 15) is 13.2 Å². The van der Waals surface area contributed by atoms with Crippen LogP contribution in [0.4, 0.5) is 5.69 Å². The molecule has 0 fully saturated rings. The molecule has 3 aromatic carbocycles. The van der Waals surface area contributed by atoms with Crippen molar-refractivity contribution in [2.45, 2.75) is 11.8 Å². The summed E-state index contributed by atoms with van der Waals surface area (Å²) in [7, 11) is 1.40. The van der Waals surface area contributed by atoms with Crippen LogP contribution in [-0.4, -0.2) is 55.0 Å². The van der Waals surface area contributed by atoms with Crippen molar-refractivity contribution in [1.29, 1.82) is 0 Å². The number of nitrogens with one attached hydrogen (secondary N) is 1. The molecular formula is C26H28IN3O7S. The van der Waals surface area contributed by atoms with Gasteiger partial charge in [-0.3, -0.25) is 9.10 Å². The monoisotopic (exact) mass is 653 g/mol. The van der Waals surface area contributed by atoms with Crippen LogP contribution >= 0.6 is 22.6 Å². The summed E-state index contributed by atoms with van der Waals surface area (Å²) >= 11 is 2.20. The van der Waals surface area contributed by atoms with Gasteiger partial charge in [-0.05, 0) is 71.5 Å². The number of hydrazone groups is 1. The Hall–Kier alpha value is -3.52. The van der Waals surface area contributed by atoms with E-state index in [1.165, 1.54) is 52.7 Å². The maximum atomic E-state index is 13.9. The molecule has 3 rings (SSSR count). The SMILES string of the molecule is COc1ccc(OC)c(N(CC(=O)N/N=C(/C)c2ccc(I)cc2)S(=O)(=O)c2ccc(OC)c(OC)c2)c1. The van der Waals surface area contributed by atoms with E-state index in [1.54, 1.807) is 19.1 Å². The van der Waals surface area contributed by atoms with Crippen LogP contribution < -0.4 is 28.7 Å². The summed E-state index contributed by atoms with van der Waals surface area (Å²) in [4.78, 5) is 12.9. The first-order valence-electron chi connectivity index (χ1n) is 11.2. The normalized spacial score (nSPS) is 11.5. The van der Waals surface area contributed by atoms with Crippen molar-refractivity contribution in [3.05, 3.63) is 69.8 Å². The summed E-state index contributed by atoms with van der Waals surface area (Å²) < 4.78 is 51.0. The Morgan fingerprint density at radius 3 is 2.11 bits per heavy atom. The summed E-state index contributed by atoms with van der Waals surface area (Å²) in [5.41, 5.74) is 3.93. The Morgan fingerprint density at radius 1 is 0.868 bits per heavy atom. The lowest BCUT2D eigenvalue weighted by Gasteiger charge is -2.26. The van der Waals surface area contributed by atoms with Crippen LogP contribution in [0.5, 0.6) is 23.0 Å². The van der Waals surface area contributed by atoms with Crippen LogP contribution in [0.2, 0.25) is 0 Å². The van der Waals surface area contributed by atoms with E-state index in [4.69, 9.17) is 18.9 Å². The molecule has 1 amide bonds. The zero-order chi connectivity index (χ0) is 27.9. The zero-order valence-electron chi connectivity index (χ0n) is 21.5. The molecule has 0 radical (unpaired) electrons. The Kier molecular flexibility index (Phi) is 9.80. The van der Waals surface area contributed by atoms with Gasteiger partial charge in [0.15, 0.2) is 11.5 Å². The number of benzene rings is 3. The van der Waals surface area contributed by atoms with Crippen LogP contribution in [0.3, 0.4) is 0 Å². The number of amides is 1. The Labute approximate surface area is 235 Å². The third-order valence-corrected chi connectivity index (χ3v) is 7.97. The minimum atomic E-state index is -4.31. The van der Waals surface area contributed by atoms with E-state index < -0.39 is 22.5 Å². The van der Waals surface area contributed by atoms with Crippen molar-refractivity contribution < 1.29 is 32.2 Å². The maximum absolute atomic E-state index is 13.9. The second kappa shape index (κ2) is 12.8. The zero-order valence-corrected chi connectivity index (χ0v) is 24.5. The molecule has 10 nitrogen and oxygen atoms in total. The number of rotatable bonds is 11. The van der Waals surface area contributed by atoms with Crippen molar-refractivity contribution in [1.82, 2.24) is 5.43 Å². The predicted molar refractivity (Wildman–Crippen MR) is 153 cm³/mol. The molecule has 1 N–H and O–H groups in total. The van der Waals surface area contributed by atoms with Gasteiger partial charge in [0.1, 0.15) is 18.0 Å². The smallest absolute Gasteiger partial charge is 0.265 e. The first kappa shape index (κ1) is 29.0. The van der Waals surface area contributed by atoms with Gasteiger partial charge in [0.2, 0.25) is 0 Å².